The van der Waals surface area contributed by atoms with Gasteiger partial charge in [0.1, 0.15) is 17.5 Å². The van der Waals surface area contributed by atoms with Gasteiger partial charge in [0.25, 0.3) is 5.91 Å². The minimum Gasteiger partial charge on any atom is -0.490 e. The van der Waals surface area contributed by atoms with E-state index in [0.717, 1.165) is 43.4 Å². The van der Waals surface area contributed by atoms with Crippen LogP contribution < -0.4 is 5.32 Å². The molecule has 0 saturated heterocycles. The number of benzene rings is 2. The monoisotopic (exact) mass is 548 g/mol. The van der Waals surface area contributed by atoms with Crippen LogP contribution in [0.2, 0.25) is 0 Å². The van der Waals surface area contributed by atoms with Crippen molar-refractivity contribution in [3.05, 3.63) is 75.6 Å². The fraction of sp³-hybridized carbons (Fsp3) is 0.296. The fourth-order valence-corrected chi connectivity index (χ4v) is 4.19. The van der Waals surface area contributed by atoms with Crippen molar-refractivity contribution in [2.75, 3.05) is 19.0 Å². The van der Waals surface area contributed by atoms with Gasteiger partial charge in [0.05, 0.1) is 19.4 Å². The molecule has 0 spiro atoms. The number of aromatic nitrogens is 1. The molecule has 0 saturated carbocycles. The molecule has 202 valence electrons. The van der Waals surface area contributed by atoms with Crippen LogP contribution >= 0.6 is 11.3 Å². The first-order valence-corrected chi connectivity index (χ1v) is 12.6. The molecule has 1 aromatic heterocycles. The van der Waals surface area contributed by atoms with Gasteiger partial charge in [-0.2, -0.15) is 0 Å². The molecule has 0 bridgehead atoms. The van der Waals surface area contributed by atoms with Gasteiger partial charge in [0.2, 0.25) is 5.76 Å². The second kappa shape index (κ2) is 13.2. The SMILES string of the molecule is CO/C(=C\c1c(F)cc(C(=O)Nc2nc(-c3cccc(COCCCC(C)C)c3F)cs2)cc1F)C(=O)O. The van der Waals surface area contributed by atoms with E-state index < -0.39 is 40.7 Å². The number of thiazole rings is 1. The van der Waals surface area contributed by atoms with E-state index in [-0.39, 0.29) is 28.6 Å². The van der Waals surface area contributed by atoms with E-state index in [2.05, 4.69) is 28.9 Å². The van der Waals surface area contributed by atoms with Gasteiger partial charge in [0, 0.05) is 40.3 Å². The van der Waals surface area contributed by atoms with Crippen molar-refractivity contribution in [2.24, 2.45) is 5.92 Å². The Morgan fingerprint density at radius 3 is 2.53 bits per heavy atom. The molecule has 0 radical (unpaired) electrons. The predicted molar refractivity (Wildman–Crippen MR) is 138 cm³/mol. The number of carboxylic acids is 1. The average Bonchev–Trinajstić information content (AvgIpc) is 3.32. The first-order chi connectivity index (χ1) is 18.1. The number of amides is 1. The van der Waals surface area contributed by atoms with E-state index in [1.807, 2.05) is 0 Å². The number of carboxylic acid groups (broad SMARTS) is 1. The van der Waals surface area contributed by atoms with Crippen molar-refractivity contribution in [1.82, 2.24) is 4.98 Å². The van der Waals surface area contributed by atoms with Gasteiger partial charge in [-0.1, -0.05) is 26.0 Å². The van der Waals surface area contributed by atoms with Crippen molar-refractivity contribution in [1.29, 1.82) is 0 Å². The molecule has 7 nitrogen and oxygen atoms in total. The number of carbonyl (C=O) groups excluding carboxylic acids is 1. The minimum atomic E-state index is -1.51. The highest BCUT2D eigenvalue weighted by molar-refractivity contribution is 7.14. The zero-order valence-corrected chi connectivity index (χ0v) is 21.8. The third kappa shape index (κ3) is 7.42. The third-order valence-corrected chi connectivity index (χ3v) is 6.21. The summed E-state index contributed by atoms with van der Waals surface area (Å²) in [4.78, 5) is 27.9. The summed E-state index contributed by atoms with van der Waals surface area (Å²) in [5.41, 5.74) is -0.137. The highest BCUT2D eigenvalue weighted by Gasteiger charge is 2.19. The van der Waals surface area contributed by atoms with E-state index in [1.165, 1.54) is 0 Å². The van der Waals surface area contributed by atoms with Crippen LogP contribution in [-0.2, 0) is 20.9 Å². The lowest BCUT2D eigenvalue weighted by atomic mass is 10.1. The van der Waals surface area contributed by atoms with Crippen LogP contribution in [0.25, 0.3) is 17.3 Å². The summed E-state index contributed by atoms with van der Waals surface area (Å²) in [6, 6.07) is 6.39. The summed E-state index contributed by atoms with van der Waals surface area (Å²) < 4.78 is 54.2. The van der Waals surface area contributed by atoms with Crippen molar-refractivity contribution in [3.8, 4) is 11.3 Å². The number of anilines is 1. The smallest absolute Gasteiger partial charge is 0.371 e. The van der Waals surface area contributed by atoms with Crippen molar-refractivity contribution >= 4 is 34.4 Å². The van der Waals surface area contributed by atoms with Crippen molar-refractivity contribution < 1.29 is 37.3 Å². The molecule has 0 aliphatic heterocycles. The molecule has 2 N–H and O–H groups in total. The Labute approximate surface area is 221 Å². The van der Waals surface area contributed by atoms with Crippen LogP contribution in [0.1, 0.15) is 48.2 Å². The Morgan fingerprint density at radius 1 is 1.18 bits per heavy atom. The van der Waals surface area contributed by atoms with E-state index >= 15 is 4.39 Å². The molecule has 3 rings (SSSR count). The topological polar surface area (TPSA) is 97.8 Å². The van der Waals surface area contributed by atoms with Gasteiger partial charge in [-0.15, -0.1) is 11.3 Å². The maximum atomic E-state index is 15.1. The van der Waals surface area contributed by atoms with Gasteiger partial charge in [-0.05, 0) is 37.0 Å². The van der Waals surface area contributed by atoms with Crippen LogP contribution in [0.4, 0.5) is 18.3 Å². The normalized spacial score (nSPS) is 11.6. The minimum absolute atomic E-state index is 0.0945. The number of nitrogens with zero attached hydrogens (tertiary/aromatic N) is 1. The molecule has 0 aliphatic carbocycles. The molecule has 1 amide bonds. The number of carbonyl (C=O) groups is 2. The molecule has 1 heterocycles. The molecule has 2 aromatic carbocycles. The van der Waals surface area contributed by atoms with Crippen molar-refractivity contribution in [3.63, 3.8) is 0 Å². The zero-order valence-electron chi connectivity index (χ0n) is 21.0. The lowest BCUT2D eigenvalue weighted by molar-refractivity contribution is -0.135. The number of aliphatic carboxylic acids is 1. The Hall–Kier alpha value is -3.70. The van der Waals surface area contributed by atoms with Gasteiger partial charge in [0.15, 0.2) is 5.13 Å². The molecule has 0 unspecified atom stereocenters. The number of halogens is 3. The van der Waals surface area contributed by atoms with Crippen LogP contribution in [0.3, 0.4) is 0 Å². The summed E-state index contributed by atoms with van der Waals surface area (Å²) >= 11 is 1.02. The van der Waals surface area contributed by atoms with E-state index in [9.17, 15) is 18.4 Å². The Balaban J connectivity index is 1.72. The third-order valence-electron chi connectivity index (χ3n) is 5.45. The lowest BCUT2D eigenvalue weighted by Gasteiger charge is -2.09. The largest absolute Gasteiger partial charge is 0.490 e. The molecular weight excluding hydrogens is 521 g/mol. The van der Waals surface area contributed by atoms with Crippen LogP contribution in [0.5, 0.6) is 0 Å². The highest BCUT2D eigenvalue weighted by atomic mass is 32.1. The molecule has 0 fully saturated rings. The zero-order chi connectivity index (χ0) is 27.8. The van der Waals surface area contributed by atoms with Gasteiger partial charge in [-0.25, -0.2) is 22.9 Å². The first-order valence-electron chi connectivity index (χ1n) is 11.7. The molecule has 0 atom stereocenters. The summed E-state index contributed by atoms with van der Waals surface area (Å²) in [6.45, 7) is 4.90. The standard InChI is InChI=1S/C27H27F3N2O5S/c1-15(2)6-5-9-37-13-16-7-4-8-18(24(16)30)22-14-38-27(31-22)32-25(33)17-10-20(28)19(21(29)11-17)12-23(36-3)26(34)35/h4,7-8,10-12,14-15H,5-6,9,13H2,1-3H3,(H,34,35)(H,31,32,33)/b23-12-. The van der Waals surface area contributed by atoms with Crippen LogP contribution in [-0.4, -0.2) is 35.7 Å². The highest BCUT2D eigenvalue weighted by Crippen LogP contribution is 2.29. The van der Waals surface area contributed by atoms with E-state index in [4.69, 9.17) is 9.84 Å². The summed E-state index contributed by atoms with van der Waals surface area (Å²) in [5.74, 6) is -5.27. The molecular formula is C27H27F3N2O5S. The first kappa shape index (κ1) is 28.9. The van der Waals surface area contributed by atoms with Crippen molar-refractivity contribution in [2.45, 2.75) is 33.3 Å². The Morgan fingerprint density at radius 2 is 1.89 bits per heavy atom. The van der Waals surface area contributed by atoms with Gasteiger partial charge in [-0.3, -0.25) is 10.1 Å². The maximum Gasteiger partial charge on any atom is 0.371 e. The van der Waals surface area contributed by atoms with Gasteiger partial charge >= 0.3 is 5.97 Å². The number of rotatable bonds is 12. The average molecular weight is 549 g/mol. The Bertz CT molecular complexity index is 1320. The summed E-state index contributed by atoms with van der Waals surface area (Å²) in [5, 5.41) is 13.1. The van der Waals surface area contributed by atoms with E-state index in [1.54, 1.807) is 23.6 Å². The fourth-order valence-electron chi connectivity index (χ4n) is 3.48. The predicted octanol–water partition coefficient (Wildman–Crippen LogP) is 6.50. The number of hydrogen-bond donors (Lipinski definition) is 2. The van der Waals surface area contributed by atoms with Gasteiger partial charge < -0.3 is 14.6 Å². The maximum absolute atomic E-state index is 15.1. The summed E-state index contributed by atoms with van der Waals surface area (Å²) in [6.07, 6.45) is 2.59. The number of methoxy groups -OCH3 is 1. The summed E-state index contributed by atoms with van der Waals surface area (Å²) in [7, 11) is 1.05. The Kier molecular flexibility index (Phi) is 10.0. The second-order valence-corrected chi connectivity index (χ2v) is 9.59. The lowest BCUT2D eigenvalue weighted by Crippen LogP contribution is -2.13. The molecule has 11 heteroatoms. The number of hydrogen-bond acceptors (Lipinski definition) is 6. The quantitative estimate of drug-likeness (QED) is 0.152. The van der Waals surface area contributed by atoms with Crippen LogP contribution in [0.15, 0.2) is 41.5 Å². The van der Waals surface area contributed by atoms with E-state index in [0.29, 0.717) is 24.2 Å². The molecule has 38 heavy (non-hydrogen) atoms. The molecule has 3 aromatic rings. The second-order valence-electron chi connectivity index (χ2n) is 8.73. The van der Waals surface area contributed by atoms with Crippen LogP contribution in [0, 0.1) is 23.4 Å². The number of ether oxygens (including phenoxy) is 2. The molecule has 0 aliphatic rings. The number of nitrogens with one attached hydrogen (secondary N) is 1.